The highest BCUT2D eigenvalue weighted by Gasteiger charge is 2.31. The lowest BCUT2D eigenvalue weighted by Gasteiger charge is -2.32. The summed E-state index contributed by atoms with van der Waals surface area (Å²) in [5, 5.41) is 8.06. The fourth-order valence-electron chi connectivity index (χ4n) is 2.78. The van der Waals surface area contributed by atoms with Gasteiger partial charge in [-0.2, -0.15) is 0 Å². The van der Waals surface area contributed by atoms with E-state index in [1.807, 2.05) is 6.07 Å². The Hall–Kier alpha value is -1.56. The van der Waals surface area contributed by atoms with Gasteiger partial charge in [-0.05, 0) is 43.6 Å². The van der Waals surface area contributed by atoms with Crippen molar-refractivity contribution >= 4 is 23.3 Å². The first-order chi connectivity index (χ1) is 10.7. The van der Waals surface area contributed by atoms with Crippen LogP contribution < -0.4 is 10.6 Å². The number of thiophene rings is 1. The van der Waals surface area contributed by atoms with Crippen molar-refractivity contribution < 1.29 is 9.59 Å². The summed E-state index contributed by atoms with van der Waals surface area (Å²) in [5.41, 5.74) is 0. The Labute approximate surface area is 135 Å². The van der Waals surface area contributed by atoms with Crippen LogP contribution in [0.15, 0.2) is 17.5 Å². The summed E-state index contributed by atoms with van der Waals surface area (Å²) < 4.78 is 0. The number of piperidine rings is 1. The van der Waals surface area contributed by atoms with Crippen LogP contribution >= 0.6 is 11.3 Å². The minimum Gasteiger partial charge on any atom is -0.355 e. The quantitative estimate of drug-likeness (QED) is 0.871. The lowest BCUT2D eigenvalue weighted by atomic mass is 9.97. The lowest BCUT2D eigenvalue weighted by molar-refractivity contribution is -0.126. The van der Waals surface area contributed by atoms with E-state index in [0.29, 0.717) is 19.1 Å². The number of rotatable bonds is 5. The molecule has 3 rings (SSSR count). The van der Waals surface area contributed by atoms with Gasteiger partial charge in [0.2, 0.25) is 5.91 Å². The van der Waals surface area contributed by atoms with Gasteiger partial charge in [0.1, 0.15) is 0 Å². The molecule has 1 atom stereocenters. The average molecular weight is 321 g/mol. The maximum absolute atomic E-state index is 12.3. The smallest absolute Gasteiger partial charge is 0.317 e. The molecule has 0 radical (unpaired) electrons. The molecule has 1 saturated carbocycles. The molecular weight excluding hydrogens is 298 g/mol. The van der Waals surface area contributed by atoms with Crippen molar-refractivity contribution in [3.63, 3.8) is 0 Å². The van der Waals surface area contributed by atoms with Crippen LogP contribution in [0.2, 0.25) is 0 Å². The zero-order valence-electron chi connectivity index (χ0n) is 12.7. The Morgan fingerprint density at radius 2 is 2.18 bits per heavy atom. The maximum atomic E-state index is 12.3. The van der Waals surface area contributed by atoms with Crippen LogP contribution in [0.25, 0.3) is 0 Å². The van der Waals surface area contributed by atoms with Crippen molar-refractivity contribution in [3.8, 4) is 0 Å². The van der Waals surface area contributed by atoms with Crippen LogP contribution in [0.1, 0.15) is 30.6 Å². The first-order valence-corrected chi connectivity index (χ1v) is 8.96. The summed E-state index contributed by atoms with van der Waals surface area (Å²) >= 11 is 1.71. The number of amides is 3. The summed E-state index contributed by atoms with van der Waals surface area (Å²) in [4.78, 5) is 27.4. The number of urea groups is 1. The van der Waals surface area contributed by atoms with Crippen molar-refractivity contribution in [2.75, 3.05) is 19.6 Å². The average Bonchev–Trinajstić information content (AvgIpc) is 3.19. The maximum Gasteiger partial charge on any atom is 0.317 e. The molecule has 1 aliphatic heterocycles. The largest absolute Gasteiger partial charge is 0.355 e. The minimum absolute atomic E-state index is 0.00131. The Kier molecular flexibility index (Phi) is 4.97. The fourth-order valence-corrected chi connectivity index (χ4v) is 3.49. The highest BCUT2D eigenvalue weighted by atomic mass is 32.1. The number of hydrogen-bond acceptors (Lipinski definition) is 3. The SMILES string of the molecule is O=C(NCCc1cccs1)C1CCCN(C(=O)NC2CC2)C1. The van der Waals surface area contributed by atoms with E-state index in [-0.39, 0.29) is 17.9 Å². The molecule has 22 heavy (non-hydrogen) atoms. The molecule has 0 spiro atoms. The molecule has 120 valence electrons. The number of nitrogens with one attached hydrogen (secondary N) is 2. The third kappa shape index (κ3) is 4.22. The predicted octanol–water partition coefficient (Wildman–Crippen LogP) is 1.99. The summed E-state index contributed by atoms with van der Waals surface area (Å²) in [6.45, 7) is 1.98. The number of carbonyl (C=O) groups is 2. The van der Waals surface area contributed by atoms with E-state index in [4.69, 9.17) is 0 Å². The van der Waals surface area contributed by atoms with Gasteiger partial charge in [0.15, 0.2) is 0 Å². The van der Waals surface area contributed by atoms with Crippen LogP contribution in [0.3, 0.4) is 0 Å². The van der Waals surface area contributed by atoms with Crippen LogP contribution in [0.4, 0.5) is 4.79 Å². The lowest BCUT2D eigenvalue weighted by Crippen LogP contribution is -2.49. The van der Waals surface area contributed by atoms with Crippen LogP contribution in [-0.2, 0) is 11.2 Å². The molecule has 1 aromatic rings. The Bertz CT molecular complexity index is 513. The third-order valence-electron chi connectivity index (χ3n) is 4.24. The molecule has 5 nitrogen and oxygen atoms in total. The van der Waals surface area contributed by atoms with Crippen molar-refractivity contribution in [1.82, 2.24) is 15.5 Å². The summed E-state index contributed by atoms with van der Waals surface area (Å²) in [6.07, 6.45) is 4.83. The molecule has 2 heterocycles. The van der Waals surface area contributed by atoms with Crippen LogP contribution in [0, 0.1) is 5.92 Å². The Morgan fingerprint density at radius 3 is 2.91 bits per heavy atom. The molecule has 1 saturated heterocycles. The molecule has 2 aliphatic rings. The van der Waals surface area contributed by atoms with Crippen molar-refractivity contribution in [1.29, 1.82) is 0 Å². The molecule has 0 aromatic carbocycles. The zero-order chi connectivity index (χ0) is 15.4. The van der Waals surface area contributed by atoms with E-state index in [9.17, 15) is 9.59 Å². The molecule has 0 bridgehead atoms. The minimum atomic E-state index is -0.0676. The van der Waals surface area contributed by atoms with Gasteiger partial charge in [-0.15, -0.1) is 11.3 Å². The van der Waals surface area contributed by atoms with E-state index >= 15 is 0 Å². The van der Waals surface area contributed by atoms with Crippen molar-refractivity contribution in [3.05, 3.63) is 22.4 Å². The molecule has 2 N–H and O–H groups in total. The number of nitrogens with zero attached hydrogens (tertiary/aromatic N) is 1. The third-order valence-corrected chi connectivity index (χ3v) is 5.17. The van der Waals surface area contributed by atoms with Gasteiger partial charge in [-0.1, -0.05) is 6.07 Å². The van der Waals surface area contributed by atoms with Gasteiger partial charge in [-0.3, -0.25) is 4.79 Å². The second-order valence-electron chi connectivity index (χ2n) is 6.13. The topological polar surface area (TPSA) is 61.4 Å². The van der Waals surface area contributed by atoms with E-state index in [1.165, 1.54) is 4.88 Å². The van der Waals surface area contributed by atoms with E-state index < -0.39 is 0 Å². The van der Waals surface area contributed by atoms with E-state index in [0.717, 1.165) is 38.6 Å². The second-order valence-corrected chi connectivity index (χ2v) is 7.16. The number of carbonyl (C=O) groups excluding carboxylic acids is 2. The normalized spacial score (nSPS) is 21.5. The van der Waals surface area contributed by atoms with Gasteiger partial charge in [0.05, 0.1) is 5.92 Å². The molecule has 1 aliphatic carbocycles. The Balaban J connectivity index is 1.42. The predicted molar refractivity (Wildman–Crippen MR) is 86.9 cm³/mol. The van der Waals surface area contributed by atoms with Gasteiger partial charge in [0, 0.05) is 30.6 Å². The monoisotopic (exact) mass is 321 g/mol. The van der Waals surface area contributed by atoms with Crippen LogP contribution in [-0.4, -0.2) is 42.5 Å². The first-order valence-electron chi connectivity index (χ1n) is 8.08. The molecule has 1 unspecified atom stereocenters. The standard InChI is InChI=1S/C16H23N3O2S/c20-15(17-8-7-14-4-2-10-22-14)12-3-1-9-19(11-12)16(21)18-13-5-6-13/h2,4,10,12-13H,1,3,5-9,11H2,(H,17,20)(H,18,21). The van der Waals surface area contributed by atoms with E-state index in [1.54, 1.807) is 16.2 Å². The first kappa shape index (κ1) is 15.3. The highest BCUT2D eigenvalue weighted by molar-refractivity contribution is 7.09. The molecule has 1 aromatic heterocycles. The zero-order valence-corrected chi connectivity index (χ0v) is 13.5. The summed E-state index contributed by atoms with van der Waals surface area (Å²) in [6, 6.07) is 4.48. The molecule has 3 amide bonds. The second kappa shape index (κ2) is 7.13. The van der Waals surface area contributed by atoms with Gasteiger partial charge in [-0.25, -0.2) is 4.79 Å². The summed E-state index contributed by atoms with van der Waals surface area (Å²) in [7, 11) is 0. The number of hydrogen-bond donors (Lipinski definition) is 2. The van der Waals surface area contributed by atoms with Gasteiger partial charge >= 0.3 is 6.03 Å². The highest BCUT2D eigenvalue weighted by Crippen LogP contribution is 2.21. The van der Waals surface area contributed by atoms with Gasteiger partial charge < -0.3 is 15.5 Å². The molecule has 6 heteroatoms. The van der Waals surface area contributed by atoms with Crippen molar-refractivity contribution in [2.24, 2.45) is 5.92 Å². The molecule has 2 fully saturated rings. The number of likely N-dealkylation sites (tertiary alicyclic amines) is 1. The summed E-state index contributed by atoms with van der Waals surface area (Å²) in [5.74, 6) is 0.0162. The van der Waals surface area contributed by atoms with Gasteiger partial charge in [0.25, 0.3) is 0 Å². The molecular formula is C16H23N3O2S. The van der Waals surface area contributed by atoms with Crippen molar-refractivity contribution in [2.45, 2.75) is 38.1 Å². The van der Waals surface area contributed by atoms with E-state index in [2.05, 4.69) is 22.1 Å². The fraction of sp³-hybridized carbons (Fsp3) is 0.625. The Morgan fingerprint density at radius 1 is 1.32 bits per heavy atom. The van der Waals surface area contributed by atoms with Crippen LogP contribution in [0.5, 0.6) is 0 Å².